The highest BCUT2D eigenvalue weighted by atomic mass is 16.5. The van der Waals surface area contributed by atoms with E-state index in [0.29, 0.717) is 19.1 Å². The van der Waals surface area contributed by atoms with Crippen molar-refractivity contribution in [1.29, 1.82) is 0 Å². The fraction of sp³-hybridized carbons (Fsp3) is 1.00. The van der Waals surface area contributed by atoms with Crippen molar-refractivity contribution in [3.05, 3.63) is 0 Å². The fourth-order valence-corrected chi connectivity index (χ4v) is 1.29. The van der Waals surface area contributed by atoms with E-state index >= 15 is 0 Å². The minimum atomic E-state index is -0.0186. The van der Waals surface area contributed by atoms with E-state index in [1.165, 1.54) is 0 Å². The maximum atomic E-state index is 5.87. The zero-order chi connectivity index (χ0) is 9.56. The van der Waals surface area contributed by atoms with E-state index in [1.54, 1.807) is 7.11 Å². The minimum absolute atomic E-state index is 0.0186. The number of hydrogen-bond acceptors (Lipinski definition) is 3. The Hall–Kier alpha value is -0.120. The number of methoxy groups -OCH3 is 1. The molecule has 0 saturated carbocycles. The van der Waals surface area contributed by atoms with Crippen molar-refractivity contribution in [2.75, 3.05) is 20.3 Å². The predicted molar refractivity (Wildman–Crippen MR) is 50.1 cm³/mol. The highest BCUT2D eigenvalue weighted by Gasteiger charge is 2.21. The zero-order valence-corrected chi connectivity index (χ0v) is 8.54. The van der Waals surface area contributed by atoms with Crippen molar-refractivity contribution < 1.29 is 9.47 Å². The molecule has 0 bridgehead atoms. The molecule has 0 aliphatic carbocycles. The number of hydrogen-bond donors (Lipinski definition) is 1. The Bertz CT molecular complexity index is 107. The van der Waals surface area contributed by atoms with E-state index in [4.69, 9.17) is 15.2 Å². The molecule has 2 unspecified atom stereocenters. The van der Waals surface area contributed by atoms with Crippen LogP contribution in [0.25, 0.3) is 0 Å². The van der Waals surface area contributed by atoms with Crippen molar-refractivity contribution in [1.82, 2.24) is 0 Å². The van der Waals surface area contributed by atoms with Gasteiger partial charge in [0.15, 0.2) is 0 Å². The van der Waals surface area contributed by atoms with Gasteiger partial charge in [0.25, 0.3) is 0 Å². The summed E-state index contributed by atoms with van der Waals surface area (Å²) in [5.41, 5.74) is 5.87. The first-order valence-electron chi connectivity index (χ1n) is 4.49. The van der Waals surface area contributed by atoms with Crippen LogP contribution in [-0.4, -0.2) is 32.5 Å². The van der Waals surface area contributed by atoms with Crippen molar-refractivity contribution in [2.24, 2.45) is 11.7 Å². The molecule has 0 aliphatic heterocycles. The normalized spacial score (nSPS) is 16.5. The molecule has 2 N–H and O–H groups in total. The van der Waals surface area contributed by atoms with Crippen molar-refractivity contribution in [3.8, 4) is 0 Å². The fourth-order valence-electron chi connectivity index (χ4n) is 1.29. The molecule has 0 spiro atoms. The Morgan fingerprint density at radius 2 is 1.92 bits per heavy atom. The van der Waals surface area contributed by atoms with Gasteiger partial charge in [-0.2, -0.15) is 0 Å². The van der Waals surface area contributed by atoms with Gasteiger partial charge in [0.05, 0.1) is 18.8 Å². The Labute approximate surface area is 75.2 Å². The summed E-state index contributed by atoms with van der Waals surface area (Å²) < 4.78 is 10.5. The Kier molecular flexibility index (Phi) is 6.34. The SMILES string of the molecule is CCOC(C(C)C)C(N)COC. The summed E-state index contributed by atoms with van der Waals surface area (Å²) in [5.74, 6) is 0.440. The highest BCUT2D eigenvalue weighted by Crippen LogP contribution is 2.09. The molecule has 0 radical (unpaired) electrons. The molecule has 0 aromatic rings. The molecule has 0 amide bonds. The summed E-state index contributed by atoms with van der Waals surface area (Å²) in [4.78, 5) is 0. The first-order chi connectivity index (χ1) is 5.63. The van der Waals surface area contributed by atoms with Crippen LogP contribution in [0, 0.1) is 5.92 Å². The van der Waals surface area contributed by atoms with E-state index in [9.17, 15) is 0 Å². The highest BCUT2D eigenvalue weighted by molar-refractivity contribution is 4.75. The lowest BCUT2D eigenvalue weighted by molar-refractivity contribution is -0.00609. The van der Waals surface area contributed by atoms with Crippen molar-refractivity contribution in [2.45, 2.75) is 32.9 Å². The summed E-state index contributed by atoms with van der Waals surface area (Å²) in [6.07, 6.45) is 0.106. The topological polar surface area (TPSA) is 44.5 Å². The van der Waals surface area contributed by atoms with Gasteiger partial charge in [-0.05, 0) is 12.8 Å². The van der Waals surface area contributed by atoms with Crippen LogP contribution in [0.4, 0.5) is 0 Å². The molecule has 12 heavy (non-hydrogen) atoms. The molecule has 0 heterocycles. The second kappa shape index (κ2) is 6.40. The lowest BCUT2D eigenvalue weighted by Gasteiger charge is -2.26. The molecule has 74 valence electrons. The molecule has 0 aromatic heterocycles. The van der Waals surface area contributed by atoms with E-state index in [2.05, 4.69) is 13.8 Å². The summed E-state index contributed by atoms with van der Waals surface area (Å²) in [7, 11) is 1.66. The second-order valence-corrected chi connectivity index (χ2v) is 3.28. The molecular weight excluding hydrogens is 154 g/mol. The van der Waals surface area contributed by atoms with Gasteiger partial charge in [-0.25, -0.2) is 0 Å². The van der Waals surface area contributed by atoms with E-state index in [0.717, 1.165) is 0 Å². The van der Waals surface area contributed by atoms with Crippen LogP contribution in [-0.2, 0) is 9.47 Å². The van der Waals surface area contributed by atoms with Crippen LogP contribution in [0.5, 0.6) is 0 Å². The summed E-state index contributed by atoms with van der Waals surface area (Å²) >= 11 is 0. The third kappa shape index (κ3) is 4.04. The van der Waals surface area contributed by atoms with Gasteiger partial charge in [-0.3, -0.25) is 0 Å². The minimum Gasteiger partial charge on any atom is -0.383 e. The van der Waals surface area contributed by atoms with Gasteiger partial charge >= 0.3 is 0 Å². The van der Waals surface area contributed by atoms with E-state index in [1.807, 2.05) is 6.92 Å². The van der Waals surface area contributed by atoms with E-state index in [-0.39, 0.29) is 12.1 Å². The lowest BCUT2D eigenvalue weighted by atomic mass is 10.0. The molecule has 0 fully saturated rings. The van der Waals surface area contributed by atoms with Gasteiger partial charge < -0.3 is 15.2 Å². The van der Waals surface area contributed by atoms with Gasteiger partial charge in [-0.15, -0.1) is 0 Å². The van der Waals surface area contributed by atoms with Crippen LogP contribution in [0.1, 0.15) is 20.8 Å². The maximum absolute atomic E-state index is 5.87. The Morgan fingerprint density at radius 3 is 2.25 bits per heavy atom. The third-order valence-electron chi connectivity index (χ3n) is 1.80. The lowest BCUT2D eigenvalue weighted by Crippen LogP contribution is -2.43. The summed E-state index contributed by atoms with van der Waals surface area (Å²) in [6.45, 7) is 7.46. The Balaban J connectivity index is 3.90. The molecule has 0 aliphatic rings. The molecule has 0 rings (SSSR count). The molecular formula is C9H21NO2. The number of rotatable bonds is 6. The summed E-state index contributed by atoms with van der Waals surface area (Å²) in [6, 6.07) is -0.0186. The van der Waals surface area contributed by atoms with Gasteiger partial charge in [0, 0.05) is 13.7 Å². The molecule has 3 heteroatoms. The van der Waals surface area contributed by atoms with Crippen molar-refractivity contribution >= 4 is 0 Å². The maximum Gasteiger partial charge on any atom is 0.0771 e. The number of ether oxygens (including phenoxy) is 2. The Morgan fingerprint density at radius 1 is 1.33 bits per heavy atom. The van der Waals surface area contributed by atoms with Gasteiger partial charge in [0.2, 0.25) is 0 Å². The van der Waals surface area contributed by atoms with Crippen LogP contribution >= 0.6 is 0 Å². The van der Waals surface area contributed by atoms with Crippen LogP contribution in [0.2, 0.25) is 0 Å². The average molecular weight is 175 g/mol. The standard InChI is InChI=1S/C9H21NO2/c1-5-12-9(7(2)3)8(10)6-11-4/h7-9H,5-6,10H2,1-4H3. The van der Waals surface area contributed by atoms with Crippen molar-refractivity contribution in [3.63, 3.8) is 0 Å². The largest absolute Gasteiger partial charge is 0.383 e. The van der Waals surface area contributed by atoms with Gasteiger partial charge in [-0.1, -0.05) is 13.8 Å². The molecule has 2 atom stereocenters. The first-order valence-corrected chi connectivity index (χ1v) is 4.49. The average Bonchev–Trinajstić information content (AvgIpc) is 1.99. The van der Waals surface area contributed by atoms with Crippen LogP contribution < -0.4 is 5.73 Å². The smallest absolute Gasteiger partial charge is 0.0771 e. The zero-order valence-electron chi connectivity index (χ0n) is 8.54. The molecule has 3 nitrogen and oxygen atoms in total. The van der Waals surface area contributed by atoms with E-state index < -0.39 is 0 Å². The summed E-state index contributed by atoms with van der Waals surface area (Å²) in [5, 5.41) is 0. The van der Waals surface area contributed by atoms with Crippen LogP contribution in [0.3, 0.4) is 0 Å². The second-order valence-electron chi connectivity index (χ2n) is 3.28. The number of nitrogens with two attached hydrogens (primary N) is 1. The quantitative estimate of drug-likeness (QED) is 0.655. The third-order valence-corrected chi connectivity index (χ3v) is 1.80. The van der Waals surface area contributed by atoms with Gasteiger partial charge in [0.1, 0.15) is 0 Å². The predicted octanol–water partition coefficient (Wildman–Crippen LogP) is 1.02. The monoisotopic (exact) mass is 175 g/mol. The van der Waals surface area contributed by atoms with Crippen LogP contribution in [0.15, 0.2) is 0 Å². The molecule has 0 aromatic carbocycles. The molecule has 0 saturated heterocycles. The first kappa shape index (κ1) is 11.9.